The zero-order chi connectivity index (χ0) is 11.4. The molecule has 1 fully saturated rings. The van der Waals surface area contributed by atoms with E-state index in [4.69, 9.17) is 4.74 Å². The van der Waals surface area contributed by atoms with Crippen LogP contribution in [0.4, 0.5) is 0 Å². The molecule has 1 aliphatic rings. The van der Waals surface area contributed by atoms with Gasteiger partial charge >= 0.3 is 0 Å². The fourth-order valence-electron chi connectivity index (χ4n) is 2.19. The first kappa shape index (κ1) is 11.0. The van der Waals surface area contributed by atoms with E-state index >= 15 is 0 Å². The molecule has 84 valence electrons. The molecule has 1 aliphatic heterocycles. The van der Waals surface area contributed by atoms with Crippen LogP contribution in [0.25, 0.3) is 0 Å². The Labute approximate surface area is 96.0 Å². The van der Waals surface area contributed by atoms with E-state index in [-0.39, 0.29) is 0 Å². The highest BCUT2D eigenvalue weighted by atomic mass is 16.5. The fraction of sp³-hybridized carbons (Fsp3) is 0.462. The summed E-state index contributed by atoms with van der Waals surface area (Å²) in [5, 5.41) is 12.7. The average molecular weight is 216 g/mol. The molecule has 16 heavy (non-hydrogen) atoms. The lowest BCUT2D eigenvalue weighted by Crippen LogP contribution is -2.44. The molecule has 2 rings (SSSR count). The highest BCUT2D eigenvalue weighted by Gasteiger charge is 2.33. The van der Waals surface area contributed by atoms with E-state index in [1.54, 1.807) is 7.11 Å². The zero-order valence-electron chi connectivity index (χ0n) is 9.49. The topological polar surface area (TPSA) is 45.0 Å². The van der Waals surface area contributed by atoms with Gasteiger partial charge in [0.05, 0.1) is 13.2 Å². The number of nitrogens with one attached hydrogen (secondary N) is 1. The summed E-state index contributed by atoms with van der Waals surface area (Å²) in [6, 6.07) is 10.2. The van der Waals surface area contributed by atoms with Gasteiger partial charge in [0.1, 0.15) is 11.3 Å². The molecule has 1 saturated heterocycles. The van der Waals surface area contributed by atoms with Gasteiger partial charge in [-0.2, -0.15) is 5.26 Å². The first-order valence-electron chi connectivity index (χ1n) is 5.61. The third-order valence-corrected chi connectivity index (χ3v) is 3.18. The van der Waals surface area contributed by atoms with Crippen molar-refractivity contribution in [2.75, 3.05) is 13.7 Å². The van der Waals surface area contributed by atoms with E-state index in [2.05, 4.69) is 11.4 Å². The third kappa shape index (κ3) is 1.89. The SMILES string of the molecule is COc1ccc(C2(C#N)CCCCN2)cc1. The van der Waals surface area contributed by atoms with Crippen LogP contribution in [-0.2, 0) is 5.54 Å². The number of nitrogens with zero attached hydrogens (tertiary/aromatic N) is 1. The van der Waals surface area contributed by atoms with Crippen LogP contribution < -0.4 is 10.1 Å². The predicted molar refractivity (Wildman–Crippen MR) is 62.1 cm³/mol. The Kier molecular flexibility index (Phi) is 3.12. The molecular formula is C13H16N2O. The second-order valence-electron chi connectivity index (χ2n) is 4.13. The largest absolute Gasteiger partial charge is 0.497 e. The summed E-state index contributed by atoms with van der Waals surface area (Å²) in [6.07, 6.45) is 3.14. The molecule has 1 aromatic rings. The van der Waals surface area contributed by atoms with E-state index in [0.29, 0.717) is 0 Å². The van der Waals surface area contributed by atoms with E-state index in [0.717, 1.165) is 37.1 Å². The van der Waals surface area contributed by atoms with E-state index < -0.39 is 5.54 Å². The number of methoxy groups -OCH3 is 1. The van der Waals surface area contributed by atoms with Crippen molar-refractivity contribution in [3.63, 3.8) is 0 Å². The number of nitriles is 1. The van der Waals surface area contributed by atoms with Crippen LogP contribution in [0.3, 0.4) is 0 Å². The minimum absolute atomic E-state index is 0.496. The lowest BCUT2D eigenvalue weighted by atomic mass is 9.83. The number of piperidine rings is 1. The Morgan fingerprint density at radius 1 is 1.31 bits per heavy atom. The van der Waals surface area contributed by atoms with Gasteiger partial charge in [0, 0.05) is 0 Å². The zero-order valence-corrected chi connectivity index (χ0v) is 9.49. The molecule has 0 aromatic heterocycles. The standard InChI is InChI=1S/C13H16N2O/c1-16-12-6-4-11(5-7-12)13(10-14)8-2-3-9-15-13/h4-7,15H,2-3,8-9H2,1H3. The smallest absolute Gasteiger partial charge is 0.132 e. The van der Waals surface area contributed by atoms with Crippen LogP contribution in [0.1, 0.15) is 24.8 Å². The van der Waals surface area contributed by atoms with E-state index in [9.17, 15) is 5.26 Å². The average Bonchev–Trinajstić information content (AvgIpc) is 2.39. The maximum atomic E-state index is 9.38. The molecule has 1 unspecified atom stereocenters. The van der Waals surface area contributed by atoms with Gasteiger partial charge < -0.3 is 4.74 Å². The van der Waals surface area contributed by atoms with Crippen LogP contribution in [0.15, 0.2) is 24.3 Å². The van der Waals surface area contributed by atoms with Crippen molar-refractivity contribution in [2.24, 2.45) is 0 Å². The quantitative estimate of drug-likeness (QED) is 0.824. The lowest BCUT2D eigenvalue weighted by molar-refractivity contribution is 0.330. The predicted octanol–water partition coefficient (Wildman–Crippen LogP) is 2.19. The molecule has 0 bridgehead atoms. The summed E-state index contributed by atoms with van der Waals surface area (Å²) in [5.41, 5.74) is 0.542. The lowest BCUT2D eigenvalue weighted by Gasteiger charge is -2.32. The number of rotatable bonds is 2. The first-order valence-corrected chi connectivity index (χ1v) is 5.61. The normalized spacial score (nSPS) is 24.8. The molecule has 1 heterocycles. The molecule has 1 atom stereocenters. The maximum absolute atomic E-state index is 9.38. The van der Waals surface area contributed by atoms with Gasteiger partial charge in [-0.25, -0.2) is 0 Å². The highest BCUT2D eigenvalue weighted by molar-refractivity contribution is 5.36. The van der Waals surface area contributed by atoms with Gasteiger partial charge in [-0.1, -0.05) is 12.1 Å². The van der Waals surface area contributed by atoms with Gasteiger partial charge in [-0.15, -0.1) is 0 Å². The fourth-order valence-corrected chi connectivity index (χ4v) is 2.19. The Morgan fingerprint density at radius 2 is 2.06 bits per heavy atom. The minimum Gasteiger partial charge on any atom is -0.497 e. The van der Waals surface area contributed by atoms with Gasteiger partial charge in [-0.05, 0) is 43.5 Å². The van der Waals surface area contributed by atoms with Crippen LogP contribution in [0.2, 0.25) is 0 Å². The highest BCUT2D eigenvalue weighted by Crippen LogP contribution is 2.30. The molecule has 1 aromatic carbocycles. The first-order chi connectivity index (χ1) is 7.80. The summed E-state index contributed by atoms with van der Waals surface area (Å²) in [6.45, 7) is 0.916. The summed E-state index contributed by atoms with van der Waals surface area (Å²) in [4.78, 5) is 0. The van der Waals surface area contributed by atoms with E-state index in [1.807, 2.05) is 24.3 Å². The minimum atomic E-state index is -0.496. The molecule has 3 heteroatoms. The Morgan fingerprint density at radius 3 is 2.56 bits per heavy atom. The van der Waals surface area contributed by atoms with Gasteiger partial charge in [0.2, 0.25) is 0 Å². The summed E-state index contributed by atoms with van der Waals surface area (Å²) in [5.74, 6) is 0.827. The van der Waals surface area contributed by atoms with Crippen molar-refractivity contribution < 1.29 is 4.74 Å². The monoisotopic (exact) mass is 216 g/mol. The molecular weight excluding hydrogens is 200 g/mol. The Bertz CT molecular complexity index is 385. The molecule has 1 N–H and O–H groups in total. The van der Waals surface area contributed by atoms with Crippen LogP contribution >= 0.6 is 0 Å². The number of hydrogen-bond donors (Lipinski definition) is 1. The van der Waals surface area contributed by atoms with Crippen LogP contribution in [0, 0.1) is 11.3 Å². The van der Waals surface area contributed by atoms with Gasteiger partial charge in [0.25, 0.3) is 0 Å². The molecule has 0 radical (unpaired) electrons. The summed E-state index contributed by atoms with van der Waals surface area (Å²) >= 11 is 0. The second kappa shape index (κ2) is 4.54. The van der Waals surface area contributed by atoms with Crippen molar-refractivity contribution in [2.45, 2.75) is 24.8 Å². The van der Waals surface area contributed by atoms with Gasteiger partial charge in [0.15, 0.2) is 0 Å². The van der Waals surface area contributed by atoms with Crippen LogP contribution in [-0.4, -0.2) is 13.7 Å². The maximum Gasteiger partial charge on any atom is 0.132 e. The van der Waals surface area contributed by atoms with Crippen molar-refractivity contribution in [3.05, 3.63) is 29.8 Å². The van der Waals surface area contributed by atoms with Crippen molar-refractivity contribution >= 4 is 0 Å². The summed E-state index contributed by atoms with van der Waals surface area (Å²) < 4.78 is 5.12. The molecule has 0 aliphatic carbocycles. The van der Waals surface area contributed by atoms with Crippen molar-refractivity contribution in [3.8, 4) is 11.8 Å². The number of benzene rings is 1. The molecule has 0 spiro atoms. The Balaban J connectivity index is 2.29. The second-order valence-corrected chi connectivity index (χ2v) is 4.13. The molecule has 0 amide bonds. The van der Waals surface area contributed by atoms with Gasteiger partial charge in [-0.3, -0.25) is 5.32 Å². The Hall–Kier alpha value is -1.53. The summed E-state index contributed by atoms with van der Waals surface area (Å²) in [7, 11) is 1.65. The molecule has 0 saturated carbocycles. The van der Waals surface area contributed by atoms with E-state index in [1.165, 1.54) is 0 Å². The third-order valence-electron chi connectivity index (χ3n) is 3.18. The molecule has 3 nitrogen and oxygen atoms in total. The number of ether oxygens (including phenoxy) is 1. The van der Waals surface area contributed by atoms with Crippen LogP contribution in [0.5, 0.6) is 5.75 Å². The van der Waals surface area contributed by atoms with Crippen molar-refractivity contribution in [1.29, 1.82) is 5.26 Å². The number of hydrogen-bond acceptors (Lipinski definition) is 3. The van der Waals surface area contributed by atoms with Crippen molar-refractivity contribution in [1.82, 2.24) is 5.32 Å².